The Morgan fingerprint density at radius 1 is 0.897 bits per heavy atom. The number of aromatic amines is 1. The molecule has 2 aromatic carbocycles. The zero-order valence-electron chi connectivity index (χ0n) is 21.5. The standard InChI is InChI=1S/C30H30N6O2S/c37-39(38,33-19-24-9-3-4-17-31-24)25-15-13-22(14-16-25)20-36(21-29-34-26-10-1-2-11-27(26)35-29)28-12-5-7-23-8-6-18-32-30(23)28/h1-4,6,8-11,13-18,28,33H,5,7,12,19-21H2,(H,34,35). The van der Waals surface area contributed by atoms with Crippen LogP contribution in [0.15, 0.2) is 96.2 Å². The molecule has 0 bridgehead atoms. The minimum Gasteiger partial charge on any atom is -0.341 e. The Kier molecular flexibility index (Phi) is 7.19. The van der Waals surface area contributed by atoms with E-state index in [1.807, 2.05) is 54.7 Å². The quantitative estimate of drug-likeness (QED) is 0.276. The van der Waals surface area contributed by atoms with Crippen LogP contribution in [0.2, 0.25) is 0 Å². The number of nitrogens with one attached hydrogen (secondary N) is 2. The fourth-order valence-corrected chi connectivity index (χ4v) is 6.25. The largest absolute Gasteiger partial charge is 0.341 e. The first kappa shape index (κ1) is 25.4. The van der Waals surface area contributed by atoms with E-state index >= 15 is 0 Å². The SMILES string of the molecule is O=S(=O)(NCc1ccccn1)c1ccc(CN(Cc2nc3ccccc3[nH]2)C2CCCc3cccnc32)cc1. The van der Waals surface area contributed by atoms with Crippen LogP contribution in [0.3, 0.4) is 0 Å². The van der Waals surface area contributed by atoms with Gasteiger partial charge in [-0.2, -0.15) is 0 Å². The average Bonchev–Trinajstić information content (AvgIpc) is 3.39. The summed E-state index contributed by atoms with van der Waals surface area (Å²) >= 11 is 0. The maximum atomic E-state index is 12.9. The molecule has 0 fully saturated rings. The van der Waals surface area contributed by atoms with E-state index in [0.717, 1.165) is 47.4 Å². The van der Waals surface area contributed by atoms with Crippen LogP contribution in [0, 0.1) is 0 Å². The Balaban J connectivity index is 1.24. The number of rotatable bonds is 9. The van der Waals surface area contributed by atoms with Gasteiger partial charge in [-0.1, -0.05) is 36.4 Å². The maximum Gasteiger partial charge on any atom is 0.240 e. The predicted octanol–water partition coefficient (Wildman–Crippen LogP) is 4.91. The van der Waals surface area contributed by atoms with Gasteiger partial charge in [0.1, 0.15) is 5.82 Å². The monoisotopic (exact) mass is 538 g/mol. The molecule has 9 heteroatoms. The summed E-state index contributed by atoms with van der Waals surface area (Å²) in [5.74, 6) is 0.900. The first-order chi connectivity index (χ1) is 19.0. The Labute approximate surface area is 228 Å². The molecule has 2 N–H and O–H groups in total. The Hall–Kier alpha value is -3.92. The minimum atomic E-state index is -3.66. The molecule has 0 spiro atoms. The van der Waals surface area contributed by atoms with E-state index in [-0.39, 0.29) is 17.5 Å². The normalized spacial score (nSPS) is 15.5. The van der Waals surface area contributed by atoms with Crippen molar-refractivity contribution in [2.45, 2.75) is 49.8 Å². The van der Waals surface area contributed by atoms with Gasteiger partial charge in [0.25, 0.3) is 0 Å². The summed E-state index contributed by atoms with van der Waals surface area (Å²) in [5.41, 5.74) is 6.07. The van der Waals surface area contributed by atoms with Crippen LogP contribution < -0.4 is 4.72 Å². The van der Waals surface area contributed by atoms with Crippen LogP contribution >= 0.6 is 0 Å². The molecule has 1 aliphatic carbocycles. The molecule has 0 saturated heterocycles. The molecule has 198 valence electrons. The maximum absolute atomic E-state index is 12.9. The predicted molar refractivity (Wildman–Crippen MR) is 150 cm³/mol. The zero-order chi connectivity index (χ0) is 26.7. The highest BCUT2D eigenvalue weighted by molar-refractivity contribution is 7.89. The van der Waals surface area contributed by atoms with Crippen molar-refractivity contribution < 1.29 is 8.42 Å². The van der Waals surface area contributed by atoms with Gasteiger partial charge in [-0.15, -0.1) is 0 Å². The molecule has 1 atom stereocenters. The topological polar surface area (TPSA) is 104 Å². The molecule has 6 rings (SSSR count). The van der Waals surface area contributed by atoms with Crippen molar-refractivity contribution >= 4 is 21.1 Å². The van der Waals surface area contributed by atoms with Gasteiger partial charge in [0.05, 0.1) is 46.4 Å². The second kappa shape index (κ2) is 11.1. The summed E-state index contributed by atoms with van der Waals surface area (Å²) < 4.78 is 28.4. The molecular formula is C30H30N6O2S. The summed E-state index contributed by atoms with van der Waals surface area (Å²) in [6.07, 6.45) is 6.66. The number of fused-ring (bicyclic) bond motifs is 2. The third kappa shape index (κ3) is 5.75. The van der Waals surface area contributed by atoms with Crippen LogP contribution in [0.5, 0.6) is 0 Å². The van der Waals surface area contributed by atoms with Gasteiger partial charge in [-0.25, -0.2) is 18.1 Å². The van der Waals surface area contributed by atoms with E-state index in [9.17, 15) is 8.42 Å². The third-order valence-electron chi connectivity index (χ3n) is 7.19. The van der Waals surface area contributed by atoms with Gasteiger partial charge in [0.15, 0.2) is 0 Å². The van der Waals surface area contributed by atoms with Crippen molar-refractivity contribution in [2.24, 2.45) is 0 Å². The molecule has 0 saturated carbocycles. The number of aryl methyl sites for hydroxylation is 1. The Morgan fingerprint density at radius 2 is 1.72 bits per heavy atom. The number of benzene rings is 2. The van der Waals surface area contributed by atoms with Gasteiger partial charge in [-0.3, -0.25) is 14.9 Å². The molecule has 3 aromatic heterocycles. The number of imidazole rings is 1. The van der Waals surface area contributed by atoms with E-state index in [2.05, 4.69) is 25.7 Å². The summed E-state index contributed by atoms with van der Waals surface area (Å²) in [5, 5.41) is 0. The first-order valence-corrected chi connectivity index (χ1v) is 14.6. The van der Waals surface area contributed by atoms with Crippen molar-refractivity contribution in [2.75, 3.05) is 0 Å². The number of H-pyrrole nitrogens is 1. The number of para-hydroxylation sites is 2. The number of hydrogen-bond donors (Lipinski definition) is 2. The number of pyridine rings is 2. The number of hydrogen-bond acceptors (Lipinski definition) is 6. The highest BCUT2D eigenvalue weighted by Gasteiger charge is 2.28. The second-order valence-electron chi connectivity index (χ2n) is 9.85. The second-order valence-corrected chi connectivity index (χ2v) is 11.6. The van der Waals surface area contributed by atoms with Crippen molar-refractivity contribution in [3.8, 4) is 0 Å². The fourth-order valence-electron chi connectivity index (χ4n) is 5.25. The third-order valence-corrected chi connectivity index (χ3v) is 8.60. The van der Waals surface area contributed by atoms with Crippen molar-refractivity contribution in [1.82, 2.24) is 29.6 Å². The van der Waals surface area contributed by atoms with E-state index in [0.29, 0.717) is 18.8 Å². The molecule has 0 amide bonds. The lowest BCUT2D eigenvalue weighted by atomic mass is 9.90. The summed E-state index contributed by atoms with van der Waals surface area (Å²) in [4.78, 5) is 19.9. The van der Waals surface area contributed by atoms with Crippen LogP contribution in [0.4, 0.5) is 0 Å². The molecule has 8 nitrogen and oxygen atoms in total. The molecule has 1 unspecified atom stereocenters. The highest BCUT2D eigenvalue weighted by atomic mass is 32.2. The fraction of sp³-hybridized carbons (Fsp3) is 0.233. The average molecular weight is 539 g/mol. The molecule has 0 radical (unpaired) electrons. The summed E-state index contributed by atoms with van der Waals surface area (Å²) in [7, 11) is -3.66. The van der Waals surface area contributed by atoms with Crippen molar-refractivity contribution in [3.63, 3.8) is 0 Å². The van der Waals surface area contributed by atoms with Gasteiger partial charge < -0.3 is 4.98 Å². The van der Waals surface area contributed by atoms with Gasteiger partial charge >= 0.3 is 0 Å². The first-order valence-electron chi connectivity index (χ1n) is 13.2. The molecule has 0 aliphatic heterocycles. The van der Waals surface area contributed by atoms with Gasteiger partial charge in [-0.05, 0) is 72.9 Å². The molecule has 1 aliphatic rings. The van der Waals surface area contributed by atoms with E-state index in [4.69, 9.17) is 9.97 Å². The van der Waals surface area contributed by atoms with Crippen LogP contribution in [0.1, 0.15) is 47.2 Å². The zero-order valence-corrected chi connectivity index (χ0v) is 22.3. The van der Waals surface area contributed by atoms with Gasteiger partial charge in [0, 0.05) is 18.9 Å². The van der Waals surface area contributed by atoms with Crippen LogP contribution in [-0.2, 0) is 36.1 Å². The molecule has 3 heterocycles. The van der Waals surface area contributed by atoms with E-state index in [1.54, 1.807) is 30.5 Å². The molecule has 39 heavy (non-hydrogen) atoms. The van der Waals surface area contributed by atoms with Crippen LogP contribution in [-0.4, -0.2) is 33.3 Å². The smallest absolute Gasteiger partial charge is 0.240 e. The highest BCUT2D eigenvalue weighted by Crippen LogP contribution is 2.34. The van der Waals surface area contributed by atoms with Crippen LogP contribution in [0.25, 0.3) is 11.0 Å². The summed E-state index contributed by atoms with van der Waals surface area (Å²) in [6, 6.07) is 24.9. The Bertz CT molecular complexity index is 1640. The molecule has 5 aromatic rings. The minimum absolute atomic E-state index is 0.143. The number of aromatic nitrogens is 4. The van der Waals surface area contributed by atoms with Crippen molar-refractivity contribution in [1.29, 1.82) is 0 Å². The number of nitrogens with zero attached hydrogens (tertiary/aromatic N) is 4. The lowest BCUT2D eigenvalue weighted by molar-refractivity contribution is 0.153. The lowest BCUT2D eigenvalue weighted by Crippen LogP contribution is -2.32. The lowest BCUT2D eigenvalue weighted by Gasteiger charge is -2.34. The van der Waals surface area contributed by atoms with Crippen molar-refractivity contribution in [3.05, 3.63) is 120 Å². The van der Waals surface area contributed by atoms with E-state index in [1.165, 1.54) is 5.56 Å². The van der Waals surface area contributed by atoms with E-state index < -0.39 is 10.0 Å². The molecular weight excluding hydrogens is 508 g/mol. The summed E-state index contributed by atoms with van der Waals surface area (Å²) in [6.45, 7) is 1.41. The number of sulfonamides is 1. The van der Waals surface area contributed by atoms with Gasteiger partial charge in [0.2, 0.25) is 10.0 Å². The Morgan fingerprint density at radius 3 is 2.54 bits per heavy atom.